The third-order valence-electron chi connectivity index (χ3n) is 2.82. The Morgan fingerprint density at radius 1 is 1.30 bits per heavy atom. The van der Waals surface area contributed by atoms with Gasteiger partial charge < -0.3 is 9.26 Å². The first-order chi connectivity index (χ1) is 9.43. The van der Waals surface area contributed by atoms with E-state index in [0.717, 1.165) is 5.69 Å². The summed E-state index contributed by atoms with van der Waals surface area (Å²) in [5, 5.41) is 3.73. The maximum atomic E-state index is 12.4. The number of hydrogen-bond donors (Lipinski definition) is 0. The highest BCUT2D eigenvalue weighted by molar-refractivity contribution is 7.89. The van der Waals surface area contributed by atoms with Crippen molar-refractivity contribution in [2.24, 2.45) is 0 Å². The summed E-state index contributed by atoms with van der Waals surface area (Å²) in [7, 11) is -0.536. The molecule has 0 aliphatic rings. The molecule has 2 rings (SSSR count). The highest BCUT2D eigenvalue weighted by Gasteiger charge is 2.22. The van der Waals surface area contributed by atoms with E-state index in [0.29, 0.717) is 11.5 Å². The average molecular weight is 296 g/mol. The lowest BCUT2D eigenvalue weighted by molar-refractivity contribution is 0.341. The number of rotatable bonds is 5. The lowest BCUT2D eigenvalue weighted by Crippen LogP contribution is -2.26. The second-order valence-electron chi connectivity index (χ2n) is 4.37. The summed E-state index contributed by atoms with van der Waals surface area (Å²) in [6.07, 6.45) is 0. The Balaban J connectivity index is 2.19. The average Bonchev–Trinajstić information content (AvgIpc) is 2.84. The summed E-state index contributed by atoms with van der Waals surface area (Å²) < 4.78 is 36.0. The number of ether oxygens (including phenoxy) is 1. The second kappa shape index (κ2) is 5.64. The van der Waals surface area contributed by atoms with Gasteiger partial charge in [-0.3, -0.25) is 0 Å². The quantitative estimate of drug-likeness (QED) is 0.841. The Morgan fingerprint density at radius 3 is 2.45 bits per heavy atom. The van der Waals surface area contributed by atoms with E-state index < -0.39 is 10.0 Å². The van der Waals surface area contributed by atoms with Crippen LogP contribution in [-0.2, 0) is 16.6 Å². The van der Waals surface area contributed by atoms with Crippen molar-refractivity contribution in [2.45, 2.75) is 18.4 Å². The molecule has 108 valence electrons. The molecule has 0 fully saturated rings. The van der Waals surface area contributed by atoms with Crippen LogP contribution in [-0.4, -0.2) is 32.0 Å². The Kier molecular flexibility index (Phi) is 4.10. The fourth-order valence-electron chi connectivity index (χ4n) is 1.72. The normalized spacial score (nSPS) is 11.8. The first kappa shape index (κ1) is 14.5. The van der Waals surface area contributed by atoms with E-state index in [1.807, 2.05) is 0 Å². The van der Waals surface area contributed by atoms with Gasteiger partial charge in [0.1, 0.15) is 5.75 Å². The Hall–Kier alpha value is -1.86. The van der Waals surface area contributed by atoms with Crippen LogP contribution in [0.15, 0.2) is 39.8 Å². The van der Waals surface area contributed by atoms with Gasteiger partial charge in [-0.15, -0.1) is 0 Å². The first-order valence-corrected chi connectivity index (χ1v) is 7.40. The predicted octanol–water partition coefficient (Wildman–Crippen LogP) is 1.81. The molecular weight excluding hydrogens is 280 g/mol. The molecule has 0 N–H and O–H groups in total. The molecule has 0 aliphatic carbocycles. The molecule has 2 aromatic rings. The molecule has 0 spiro atoms. The van der Waals surface area contributed by atoms with Crippen molar-refractivity contribution in [3.8, 4) is 5.75 Å². The number of nitrogens with zero attached hydrogens (tertiary/aromatic N) is 2. The van der Waals surface area contributed by atoms with Crippen LogP contribution in [0, 0.1) is 6.92 Å². The molecular formula is C13H16N2O4S. The molecule has 1 aromatic carbocycles. The zero-order chi connectivity index (χ0) is 14.8. The smallest absolute Gasteiger partial charge is 0.243 e. The third kappa shape index (κ3) is 3.00. The molecule has 6 nitrogen and oxygen atoms in total. The van der Waals surface area contributed by atoms with Crippen LogP contribution >= 0.6 is 0 Å². The molecule has 0 amide bonds. The van der Waals surface area contributed by atoms with Crippen LogP contribution in [0.3, 0.4) is 0 Å². The Bertz CT molecular complexity index is 677. The van der Waals surface area contributed by atoms with Crippen molar-refractivity contribution in [1.82, 2.24) is 9.46 Å². The first-order valence-electron chi connectivity index (χ1n) is 5.96. The molecule has 0 unspecified atom stereocenters. The second-order valence-corrected chi connectivity index (χ2v) is 6.42. The fourth-order valence-corrected chi connectivity index (χ4v) is 2.86. The summed E-state index contributed by atoms with van der Waals surface area (Å²) in [6, 6.07) is 7.95. The molecule has 0 saturated carbocycles. The van der Waals surface area contributed by atoms with Gasteiger partial charge in [0.2, 0.25) is 10.0 Å². The van der Waals surface area contributed by atoms with E-state index in [9.17, 15) is 8.42 Å². The third-order valence-corrected chi connectivity index (χ3v) is 4.64. The maximum absolute atomic E-state index is 12.4. The lowest BCUT2D eigenvalue weighted by atomic mass is 10.3. The number of aromatic nitrogens is 1. The summed E-state index contributed by atoms with van der Waals surface area (Å²) >= 11 is 0. The zero-order valence-corrected chi connectivity index (χ0v) is 12.3. The molecule has 0 bridgehead atoms. The molecule has 0 aliphatic heterocycles. The van der Waals surface area contributed by atoms with E-state index in [1.165, 1.54) is 30.6 Å². The van der Waals surface area contributed by atoms with Crippen LogP contribution in [0.25, 0.3) is 0 Å². The van der Waals surface area contributed by atoms with E-state index >= 15 is 0 Å². The van der Waals surface area contributed by atoms with Gasteiger partial charge in [-0.05, 0) is 31.2 Å². The highest BCUT2D eigenvalue weighted by atomic mass is 32.2. The minimum Gasteiger partial charge on any atom is -0.497 e. The molecule has 0 atom stereocenters. The minimum atomic E-state index is -3.56. The van der Waals surface area contributed by atoms with Crippen molar-refractivity contribution < 1.29 is 17.7 Å². The molecule has 20 heavy (non-hydrogen) atoms. The van der Waals surface area contributed by atoms with Crippen LogP contribution in [0.5, 0.6) is 5.75 Å². The lowest BCUT2D eigenvalue weighted by Gasteiger charge is -2.15. The van der Waals surface area contributed by atoms with Crippen molar-refractivity contribution in [2.75, 3.05) is 14.2 Å². The summed E-state index contributed by atoms with van der Waals surface area (Å²) in [6.45, 7) is 1.92. The van der Waals surface area contributed by atoms with E-state index in [1.54, 1.807) is 25.1 Å². The SMILES string of the molecule is COc1ccc(S(=O)(=O)N(C)Cc2cc(C)no2)cc1. The van der Waals surface area contributed by atoms with Crippen molar-refractivity contribution in [1.29, 1.82) is 0 Å². The van der Waals surface area contributed by atoms with Gasteiger partial charge in [0, 0.05) is 13.1 Å². The van der Waals surface area contributed by atoms with Crippen molar-refractivity contribution in [3.05, 3.63) is 41.8 Å². The Morgan fingerprint density at radius 2 is 1.95 bits per heavy atom. The monoisotopic (exact) mass is 296 g/mol. The van der Waals surface area contributed by atoms with E-state index in [-0.39, 0.29) is 11.4 Å². The van der Waals surface area contributed by atoms with Gasteiger partial charge in [0.15, 0.2) is 5.76 Å². The van der Waals surface area contributed by atoms with E-state index in [4.69, 9.17) is 9.26 Å². The van der Waals surface area contributed by atoms with Crippen LogP contribution in [0.2, 0.25) is 0 Å². The summed E-state index contributed by atoms with van der Waals surface area (Å²) in [5.74, 6) is 1.11. The number of methoxy groups -OCH3 is 1. The van der Waals surface area contributed by atoms with Crippen molar-refractivity contribution >= 4 is 10.0 Å². The van der Waals surface area contributed by atoms with Crippen LogP contribution < -0.4 is 4.74 Å². The number of benzene rings is 1. The summed E-state index contributed by atoms with van der Waals surface area (Å²) in [4.78, 5) is 0.206. The highest BCUT2D eigenvalue weighted by Crippen LogP contribution is 2.20. The summed E-state index contributed by atoms with van der Waals surface area (Å²) in [5.41, 5.74) is 0.718. The molecule has 1 heterocycles. The molecule has 0 saturated heterocycles. The number of aryl methyl sites for hydroxylation is 1. The van der Waals surface area contributed by atoms with Gasteiger partial charge in [-0.25, -0.2) is 8.42 Å². The van der Waals surface area contributed by atoms with Gasteiger partial charge in [-0.2, -0.15) is 4.31 Å². The maximum Gasteiger partial charge on any atom is 0.243 e. The van der Waals surface area contributed by atoms with Gasteiger partial charge in [0.05, 0.1) is 24.2 Å². The Labute approximate surface area is 118 Å². The van der Waals surface area contributed by atoms with Crippen molar-refractivity contribution in [3.63, 3.8) is 0 Å². The predicted molar refractivity (Wildman–Crippen MR) is 72.9 cm³/mol. The molecule has 1 aromatic heterocycles. The number of hydrogen-bond acceptors (Lipinski definition) is 5. The molecule has 7 heteroatoms. The topological polar surface area (TPSA) is 72.6 Å². The van der Waals surface area contributed by atoms with Gasteiger partial charge in [-0.1, -0.05) is 5.16 Å². The minimum absolute atomic E-state index is 0.134. The van der Waals surface area contributed by atoms with E-state index in [2.05, 4.69) is 5.16 Å². The van der Waals surface area contributed by atoms with Crippen LogP contribution in [0.1, 0.15) is 11.5 Å². The standard InChI is InChI=1S/C13H16N2O4S/c1-10-8-12(19-14-10)9-15(2)20(16,17)13-6-4-11(18-3)5-7-13/h4-8H,9H2,1-3H3. The van der Waals surface area contributed by atoms with Crippen LogP contribution in [0.4, 0.5) is 0 Å². The van der Waals surface area contributed by atoms with Gasteiger partial charge >= 0.3 is 0 Å². The largest absolute Gasteiger partial charge is 0.497 e. The molecule has 0 radical (unpaired) electrons. The van der Waals surface area contributed by atoms with Gasteiger partial charge in [0.25, 0.3) is 0 Å². The fraction of sp³-hybridized carbons (Fsp3) is 0.308. The zero-order valence-electron chi connectivity index (χ0n) is 11.5. The number of sulfonamides is 1.